The highest BCUT2D eigenvalue weighted by Crippen LogP contribution is 2.31. The van der Waals surface area contributed by atoms with Crippen molar-refractivity contribution in [1.82, 2.24) is 0 Å². The molecule has 2 rings (SSSR count). The summed E-state index contributed by atoms with van der Waals surface area (Å²) in [5.41, 5.74) is 1.13. The molecular formula is C18H22ClNO4S. The van der Waals surface area contributed by atoms with Crippen LogP contribution in [0.3, 0.4) is 0 Å². The van der Waals surface area contributed by atoms with E-state index >= 15 is 0 Å². The molecule has 1 aliphatic heterocycles. The van der Waals surface area contributed by atoms with Crippen LogP contribution in [0.4, 0.5) is 5.69 Å². The van der Waals surface area contributed by atoms with E-state index < -0.39 is 5.97 Å². The SMILES string of the molecule is CCC1=C(C(=O)Nc2cc(CC(C)C)c(Cl)c(C(=O)O)c2)SCCO1. The smallest absolute Gasteiger partial charge is 0.337 e. The van der Waals surface area contributed by atoms with Gasteiger partial charge in [-0.25, -0.2) is 4.79 Å². The minimum absolute atomic E-state index is 0.00708. The number of carbonyl (C=O) groups is 2. The van der Waals surface area contributed by atoms with Crippen molar-refractivity contribution in [3.05, 3.63) is 38.9 Å². The monoisotopic (exact) mass is 383 g/mol. The van der Waals surface area contributed by atoms with Gasteiger partial charge in [-0.2, -0.15) is 0 Å². The summed E-state index contributed by atoms with van der Waals surface area (Å²) in [5, 5.41) is 12.4. The second-order valence-electron chi connectivity index (χ2n) is 6.16. The zero-order chi connectivity index (χ0) is 18.6. The molecule has 0 bridgehead atoms. The number of thioether (sulfide) groups is 1. The zero-order valence-corrected chi connectivity index (χ0v) is 16.1. The number of carboxylic acid groups (broad SMARTS) is 1. The highest BCUT2D eigenvalue weighted by Gasteiger charge is 2.22. The van der Waals surface area contributed by atoms with E-state index in [1.807, 2.05) is 20.8 Å². The van der Waals surface area contributed by atoms with Crippen molar-refractivity contribution in [3.8, 4) is 0 Å². The number of amides is 1. The van der Waals surface area contributed by atoms with E-state index in [2.05, 4.69) is 5.32 Å². The quantitative estimate of drug-likeness (QED) is 0.753. The average molecular weight is 384 g/mol. The number of rotatable bonds is 6. The first kappa shape index (κ1) is 19.7. The molecule has 0 radical (unpaired) electrons. The minimum atomic E-state index is -1.12. The number of hydrogen-bond donors (Lipinski definition) is 2. The Morgan fingerprint density at radius 2 is 2.12 bits per heavy atom. The fraction of sp³-hybridized carbons (Fsp3) is 0.444. The first-order valence-corrected chi connectivity index (χ1v) is 9.55. The van der Waals surface area contributed by atoms with E-state index in [0.29, 0.717) is 53.0 Å². The van der Waals surface area contributed by atoms with Crippen molar-refractivity contribution in [2.75, 3.05) is 17.7 Å². The lowest BCUT2D eigenvalue weighted by Gasteiger charge is -2.20. The van der Waals surface area contributed by atoms with E-state index in [1.165, 1.54) is 17.8 Å². The lowest BCUT2D eigenvalue weighted by atomic mass is 10.00. The first-order chi connectivity index (χ1) is 11.8. The van der Waals surface area contributed by atoms with E-state index in [1.54, 1.807) is 6.07 Å². The number of halogens is 1. The molecule has 0 fully saturated rings. The zero-order valence-electron chi connectivity index (χ0n) is 14.5. The number of carboxylic acids is 1. The van der Waals surface area contributed by atoms with Gasteiger partial charge in [0.05, 0.1) is 17.2 Å². The molecule has 0 unspecified atom stereocenters. The third-order valence-corrected chi connectivity index (χ3v) is 5.17. The molecule has 25 heavy (non-hydrogen) atoms. The van der Waals surface area contributed by atoms with Crippen LogP contribution >= 0.6 is 23.4 Å². The Morgan fingerprint density at radius 1 is 1.40 bits per heavy atom. The van der Waals surface area contributed by atoms with E-state index in [9.17, 15) is 14.7 Å². The Hall–Kier alpha value is -1.66. The largest absolute Gasteiger partial charge is 0.496 e. The second-order valence-corrected chi connectivity index (χ2v) is 7.64. The van der Waals surface area contributed by atoms with Gasteiger partial charge in [-0.1, -0.05) is 32.4 Å². The summed E-state index contributed by atoms with van der Waals surface area (Å²) in [6.45, 7) is 6.57. The maximum absolute atomic E-state index is 12.6. The highest BCUT2D eigenvalue weighted by atomic mass is 35.5. The van der Waals surface area contributed by atoms with Gasteiger partial charge in [0.2, 0.25) is 0 Å². The summed E-state index contributed by atoms with van der Waals surface area (Å²) in [5.74, 6) is 0.294. The molecule has 7 heteroatoms. The van der Waals surface area contributed by atoms with Gasteiger partial charge in [0.25, 0.3) is 5.91 Å². The Labute approximate surface area is 156 Å². The molecule has 0 atom stereocenters. The molecule has 136 valence electrons. The van der Waals surface area contributed by atoms with Crippen molar-refractivity contribution in [3.63, 3.8) is 0 Å². The number of benzene rings is 1. The van der Waals surface area contributed by atoms with Gasteiger partial charge >= 0.3 is 5.97 Å². The molecule has 0 aromatic heterocycles. The van der Waals surface area contributed by atoms with Crippen molar-refractivity contribution < 1.29 is 19.4 Å². The number of carbonyl (C=O) groups excluding carboxylic acids is 1. The van der Waals surface area contributed by atoms with Crippen LogP contribution < -0.4 is 5.32 Å². The van der Waals surface area contributed by atoms with Crippen LogP contribution in [0.2, 0.25) is 5.02 Å². The molecule has 0 saturated heterocycles. The summed E-state index contributed by atoms with van der Waals surface area (Å²) in [6.07, 6.45) is 1.26. The van der Waals surface area contributed by atoms with Gasteiger partial charge in [-0.15, -0.1) is 11.8 Å². The summed E-state index contributed by atoms with van der Waals surface area (Å²) < 4.78 is 5.54. The maximum atomic E-state index is 12.6. The predicted octanol–water partition coefficient (Wildman–Crippen LogP) is 4.56. The van der Waals surface area contributed by atoms with Gasteiger partial charge in [0.1, 0.15) is 10.7 Å². The lowest BCUT2D eigenvalue weighted by Crippen LogP contribution is -2.19. The molecule has 1 aromatic rings. The molecule has 2 N–H and O–H groups in total. The Morgan fingerprint density at radius 3 is 2.72 bits per heavy atom. The van der Waals surface area contributed by atoms with Gasteiger partial charge in [0, 0.05) is 17.9 Å². The van der Waals surface area contributed by atoms with Crippen molar-refractivity contribution in [2.45, 2.75) is 33.6 Å². The lowest BCUT2D eigenvalue weighted by molar-refractivity contribution is -0.112. The van der Waals surface area contributed by atoms with Crippen LogP contribution in [0.5, 0.6) is 0 Å². The summed E-state index contributed by atoms with van der Waals surface area (Å²) in [7, 11) is 0. The van der Waals surface area contributed by atoms with Crippen molar-refractivity contribution >= 4 is 40.9 Å². The summed E-state index contributed by atoms with van der Waals surface area (Å²) in [6, 6.07) is 3.14. The minimum Gasteiger partial charge on any atom is -0.496 e. The number of allylic oxidation sites excluding steroid dienone is 1. The van der Waals surface area contributed by atoms with Gasteiger partial charge < -0.3 is 15.2 Å². The van der Waals surface area contributed by atoms with Crippen LogP contribution in [-0.2, 0) is 16.0 Å². The second kappa shape index (κ2) is 8.63. The molecule has 0 spiro atoms. The number of nitrogens with one attached hydrogen (secondary N) is 1. The third-order valence-electron chi connectivity index (χ3n) is 3.65. The Kier molecular flexibility index (Phi) is 6.79. The molecule has 5 nitrogen and oxygen atoms in total. The van der Waals surface area contributed by atoms with Crippen LogP contribution in [0, 0.1) is 5.92 Å². The molecule has 1 heterocycles. The van der Waals surface area contributed by atoms with Crippen molar-refractivity contribution in [1.29, 1.82) is 0 Å². The number of ether oxygens (including phenoxy) is 1. The summed E-state index contributed by atoms with van der Waals surface area (Å²) >= 11 is 7.68. The van der Waals surface area contributed by atoms with Crippen LogP contribution in [0.15, 0.2) is 22.8 Å². The van der Waals surface area contributed by atoms with Crippen LogP contribution in [0.1, 0.15) is 43.1 Å². The third kappa shape index (κ3) is 4.92. The fourth-order valence-corrected chi connectivity index (χ4v) is 3.78. The standard InChI is InChI=1S/C18H22ClNO4S/c1-4-14-16(25-6-5-24-14)17(21)20-12-8-11(7-10(2)3)15(19)13(9-12)18(22)23/h8-10H,4-7H2,1-3H3,(H,20,21)(H,22,23). The predicted molar refractivity (Wildman–Crippen MR) is 101 cm³/mol. The average Bonchev–Trinajstić information content (AvgIpc) is 2.56. The van der Waals surface area contributed by atoms with E-state index in [4.69, 9.17) is 16.3 Å². The van der Waals surface area contributed by atoms with Gasteiger partial charge in [-0.3, -0.25) is 4.79 Å². The van der Waals surface area contributed by atoms with Gasteiger partial charge in [0.15, 0.2) is 0 Å². The topological polar surface area (TPSA) is 75.6 Å². The molecule has 1 amide bonds. The van der Waals surface area contributed by atoms with E-state index in [0.717, 1.165) is 0 Å². The molecular weight excluding hydrogens is 362 g/mol. The van der Waals surface area contributed by atoms with Crippen LogP contribution in [-0.4, -0.2) is 29.3 Å². The van der Waals surface area contributed by atoms with Crippen molar-refractivity contribution in [2.24, 2.45) is 5.92 Å². The molecule has 1 aromatic carbocycles. The molecule has 0 saturated carbocycles. The first-order valence-electron chi connectivity index (χ1n) is 8.19. The fourth-order valence-electron chi connectivity index (χ4n) is 2.60. The molecule has 0 aliphatic carbocycles. The maximum Gasteiger partial charge on any atom is 0.337 e. The number of anilines is 1. The highest BCUT2D eigenvalue weighted by molar-refractivity contribution is 8.04. The molecule has 1 aliphatic rings. The number of hydrogen-bond acceptors (Lipinski definition) is 4. The normalized spacial score (nSPS) is 14.4. The van der Waals surface area contributed by atoms with E-state index in [-0.39, 0.29) is 16.5 Å². The number of aromatic carboxylic acids is 1. The Bertz CT molecular complexity index is 715. The summed E-state index contributed by atoms with van der Waals surface area (Å²) in [4.78, 5) is 24.6. The van der Waals surface area contributed by atoms with Crippen LogP contribution in [0.25, 0.3) is 0 Å². The Balaban J connectivity index is 2.35. The van der Waals surface area contributed by atoms with Gasteiger partial charge in [-0.05, 0) is 30.0 Å².